The first-order valence-corrected chi connectivity index (χ1v) is 30.3. The summed E-state index contributed by atoms with van der Waals surface area (Å²) in [6, 6.07) is 0. The lowest BCUT2D eigenvalue weighted by Gasteiger charge is -2.41. The van der Waals surface area contributed by atoms with E-state index in [0.29, 0.717) is 13.0 Å². The molecule has 0 bridgehead atoms. The summed E-state index contributed by atoms with van der Waals surface area (Å²) >= 11 is 0. The molecule has 0 radical (unpaired) electrons. The number of esters is 1. The van der Waals surface area contributed by atoms with Gasteiger partial charge in [-0.3, -0.25) is 13.8 Å². The van der Waals surface area contributed by atoms with Crippen LogP contribution < -0.4 is 0 Å². The number of phosphoric ester groups is 1. The highest BCUT2D eigenvalue weighted by Crippen LogP contribution is 2.47. The van der Waals surface area contributed by atoms with Crippen LogP contribution in [0.3, 0.4) is 0 Å². The number of hydrogen-bond acceptors (Lipinski definition) is 11. The Hall–Kier alpha value is -1.44. The molecule has 13 heteroatoms. The summed E-state index contributed by atoms with van der Waals surface area (Å²) in [6.45, 7) is 4.27. The van der Waals surface area contributed by atoms with Gasteiger partial charge in [-0.05, 0) is 51.4 Å². The number of phosphoric acid groups is 1. The maximum absolute atomic E-state index is 12.9. The molecule has 6 atom stereocenters. The molecule has 0 spiro atoms. The molecule has 1 fully saturated rings. The fraction of sp³-hybridized carbons (Fsp3) is 0.877. The van der Waals surface area contributed by atoms with Crippen molar-refractivity contribution in [2.75, 3.05) is 19.8 Å². The molecule has 1 saturated carbocycles. The van der Waals surface area contributed by atoms with Gasteiger partial charge in [-0.1, -0.05) is 237 Å². The van der Waals surface area contributed by atoms with Gasteiger partial charge in [0.1, 0.15) is 42.7 Å². The summed E-state index contributed by atoms with van der Waals surface area (Å²) in [5.41, 5.74) is 0. The van der Waals surface area contributed by atoms with Crippen LogP contribution in [0.15, 0.2) is 36.5 Å². The standard InChI is InChI=1S/C57H107O12P/c1-3-5-7-9-11-13-15-17-19-21-23-24-25-26-27-29-31-33-35-37-39-41-43-45-47-66-48-50(49-67-70(64,65)69-57-55(62)53(60)52(59)54(61)56(57)63)68-51(58)46-44-42-40-38-36-34-32-30-28-22-20-18-16-14-12-10-8-6-4-2/h12,14,18,20,28,30,50,52-57,59-63H,3-11,13,15-17,19,21-27,29,31-49H2,1-2H3,(H,64,65)/b14-12-,20-18-,30-28-. The highest BCUT2D eigenvalue weighted by atomic mass is 31.2. The van der Waals surface area contributed by atoms with Crippen LogP contribution in [0.2, 0.25) is 0 Å². The first-order valence-electron chi connectivity index (χ1n) is 28.8. The number of aliphatic hydroxyl groups excluding tert-OH is 5. The molecule has 0 heterocycles. The van der Waals surface area contributed by atoms with E-state index in [1.165, 1.54) is 161 Å². The Balaban J connectivity index is 2.28. The van der Waals surface area contributed by atoms with E-state index in [1.807, 2.05) is 0 Å². The highest BCUT2D eigenvalue weighted by Gasteiger charge is 2.51. The van der Waals surface area contributed by atoms with Crippen molar-refractivity contribution >= 4 is 13.8 Å². The Morgan fingerprint density at radius 2 is 0.800 bits per heavy atom. The van der Waals surface area contributed by atoms with Crippen LogP contribution in [-0.2, 0) is 27.9 Å². The van der Waals surface area contributed by atoms with E-state index in [-0.39, 0.29) is 13.0 Å². The van der Waals surface area contributed by atoms with Crippen LogP contribution in [0.4, 0.5) is 0 Å². The molecular weight excluding hydrogens is 908 g/mol. The molecule has 1 aliphatic rings. The number of carbonyl (C=O) groups is 1. The fourth-order valence-electron chi connectivity index (χ4n) is 8.95. The van der Waals surface area contributed by atoms with Gasteiger partial charge in [0.25, 0.3) is 0 Å². The topological polar surface area (TPSA) is 192 Å². The van der Waals surface area contributed by atoms with Gasteiger partial charge in [-0.15, -0.1) is 0 Å². The third-order valence-corrected chi connectivity index (χ3v) is 14.5. The number of unbranched alkanes of at least 4 members (excludes halogenated alkanes) is 32. The summed E-state index contributed by atoms with van der Waals surface area (Å²) in [7, 11) is -5.03. The molecule has 0 aromatic heterocycles. The summed E-state index contributed by atoms with van der Waals surface area (Å²) in [5, 5.41) is 50.4. The largest absolute Gasteiger partial charge is 0.472 e. The fourth-order valence-corrected chi connectivity index (χ4v) is 9.93. The quantitative estimate of drug-likeness (QED) is 0.0146. The predicted molar refractivity (Wildman–Crippen MR) is 286 cm³/mol. The van der Waals surface area contributed by atoms with Crippen LogP contribution in [0.5, 0.6) is 0 Å². The van der Waals surface area contributed by atoms with E-state index in [0.717, 1.165) is 70.6 Å². The van der Waals surface area contributed by atoms with Gasteiger partial charge in [-0.25, -0.2) is 4.57 Å². The maximum Gasteiger partial charge on any atom is 0.472 e. The second kappa shape index (κ2) is 47.3. The molecule has 0 aliphatic heterocycles. The average Bonchev–Trinajstić information content (AvgIpc) is 3.35. The lowest BCUT2D eigenvalue weighted by molar-refractivity contribution is -0.220. The zero-order valence-electron chi connectivity index (χ0n) is 44.6. The molecule has 6 unspecified atom stereocenters. The average molecular weight is 1020 g/mol. The maximum atomic E-state index is 12.9. The van der Waals surface area contributed by atoms with Crippen molar-refractivity contribution in [1.82, 2.24) is 0 Å². The first-order chi connectivity index (χ1) is 34.0. The smallest absolute Gasteiger partial charge is 0.457 e. The minimum Gasteiger partial charge on any atom is -0.457 e. The molecular formula is C57H107O12P. The van der Waals surface area contributed by atoms with Gasteiger partial charge >= 0.3 is 13.8 Å². The van der Waals surface area contributed by atoms with Gasteiger partial charge in [0.15, 0.2) is 0 Å². The molecule has 12 nitrogen and oxygen atoms in total. The summed E-state index contributed by atoms with van der Waals surface area (Å²) in [4.78, 5) is 23.3. The van der Waals surface area contributed by atoms with Gasteiger partial charge in [-0.2, -0.15) is 0 Å². The van der Waals surface area contributed by atoms with E-state index < -0.39 is 63.1 Å². The lowest BCUT2D eigenvalue weighted by atomic mass is 9.85. The van der Waals surface area contributed by atoms with Gasteiger partial charge < -0.3 is 39.9 Å². The van der Waals surface area contributed by atoms with Crippen molar-refractivity contribution in [3.05, 3.63) is 36.5 Å². The van der Waals surface area contributed by atoms with Gasteiger partial charge in [0.05, 0.1) is 13.2 Å². The minimum atomic E-state index is -5.03. The zero-order chi connectivity index (χ0) is 51.2. The Morgan fingerprint density at radius 1 is 0.457 bits per heavy atom. The Kier molecular flexibility index (Phi) is 45.0. The Morgan fingerprint density at radius 3 is 1.24 bits per heavy atom. The van der Waals surface area contributed by atoms with Crippen LogP contribution in [0.1, 0.15) is 258 Å². The monoisotopic (exact) mass is 1010 g/mol. The third kappa shape index (κ3) is 38.2. The van der Waals surface area contributed by atoms with Crippen molar-refractivity contribution in [2.45, 2.75) is 301 Å². The van der Waals surface area contributed by atoms with Crippen LogP contribution in [-0.4, -0.2) is 98.9 Å². The predicted octanol–water partition coefficient (Wildman–Crippen LogP) is 13.8. The Labute approximate surface area is 427 Å². The van der Waals surface area contributed by atoms with Crippen molar-refractivity contribution in [3.8, 4) is 0 Å². The first kappa shape index (κ1) is 66.6. The second-order valence-corrected chi connectivity index (χ2v) is 21.6. The van der Waals surface area contributed by atoms with E-state index in [4.69, 9.17) is 18.5 Å². The Bertz CT molecular complexity index is 1300. The number of aliphatic hydroxyl groups is 5. The minimum absolute atomic E-state index is 0.0787. The molecule has 0 saturated heterocycles. The number of ether oxygens (including phenoxy) is 2. The van der Waals surface area contributed by atoms with Crippen molar-refractivity contribution in [2.24, 2.45) is 0 Å². The molecule has 6 N–H and O–H groups in total. The molecule has 1 aliphatic carbocycles. The van der Waals surface area contributed by atoms with Crippen LogP contribution >= 0.6 is 7.82 Å². The van der Waals surface area contributed by atoms with Crippen molar-refractivity contribution in [3.63, 3.8) is 0 Å². The van der Waals surface area contributed by atoms with E-state index in [2.05, 4.69) is 50.3 Å². The number of carbonyl (C=O) groups excluding carboxylic acids is 1. The van der Waals surface area contributed by atoms with Crippen LogP contribution in [0.25, 0.3) is 0 Å². The number of allylic oxidation sites excluding steroid dienone is 6. The second-order valence-electron chi connectivity index (χ2n) is 20.1. The molecule has 0 amide bonds. The van der Waals surface area contributed by atoms with E-state index >= 15 is 0 Å². The number of hydrogen-bond donors (Lipinski definition) is 6. The third-order valence-electron chi connectivity index (χ3n) is 13.5. The molecule has 70 heavy (non-hydrogen) atoms. The normalized spacial score (nSPS) is 21.1. The zero-order valence-corrected chi connectivity index (χ0v) is 45.5. The van der Waals surface area contributed by atoms with Crippen LogP contribution in [0, 0.1) is 0 Å². The van der Waals surface area contributed by atoms with E-state index in [9.17, 15) is 39.8 Å². The molecule has 1 rings (SSSR count). The van der Waals surface area contributed by atoms with Crippen molar-refractivity contribution < 1.29 is 58.3 Å². The van der Waals surface area contributed by atoms with E-state index in [1.54, 1.807) is 0 Å². The molecule has 0 aromatic carbocycles. The number of rotatable bonds is 50. The molecule has 0 aromatic rings. The van der Waals surface area contributed by atoms with Gasteiger partial charge in [0.2, 0.25) is 0 Å². The summed E-state index contributed by atoms with van der Waals surface area (Å²) in [6.07, 6.45) is 46.4. The summed E-state index contributed by atoms with van der Waals surface area (Å²) < 4.78 is 34.4. The molecule has 412 valence electrons. The highest BCUT2D eigenvalue weighted by molar-refractivity contribution is 7.47. The van der Waals surface area contributed by atoms with Gasteiger partial charge in [0, 0.05) is 13.0 Å². The SMILES string of the molecule is CCCCC/C=C\C/C=C\C/C=C\CCCCCCCCC(=O)OC(COCCCCCCCCCCCCCCCCCCCCCCCCCC)COP(=O)(O)OC1C(O)C(O)C(O)C(O)C1O. The lowest BCUT2D eigenvalue weighted by Crippen LogP contribution is -2.64. The summed E-state index contributed by atoms with van der Waals surface area (Å²) in [5.74, 6) is -0.485. The van der Waals surface area contributed by atoms with Crippen molar-refractivity contribution in [1.29, 1.82) is 0 Å².